The lowest BCUT2D eigenvalue weighted by atomic mass is 10.1. The molecular formula is C22H23N5O3S2. The number of aryl methyl sites for hydroxylation is 1. The molecule has 32 heavy (non-hydrogen) atoms. The fraction of sp³-hybridized carbons (Fsp3) is 0.273. The SMILES string of the molecule is Cc1cc(/C=C2/C(=N)N3C(=NC2=O)SN=C3S(=O)(=O)CC(C)C)c(C)n1-c1ccccc1. The van der Waals surface area contributed by atoms with Crippen LogP contribution in [0.15, 0.2) is 51.4 Å². The third-order valence-electron chi connectivity index (χ3n) is 5.11. The van der Waals surface area contributed by atoms with E-state index in [0.29, 0.717) is 0 Å². The molecule has 0 fully saturated rings. The van der Waals surface area contributed by atoms with Crippen LogP contribution in [0.3, 0.4) is 0 Å². The highest BCUT2D eigenvalue weighted by Crippen LogP contribution is 2.31. The minimum absolute atomic E-state index is 0.0250. The summed E-state index contributed by atoms with van der Waals surface area (Å²) in [6.45, 7) is 7.50. The van der Waals surface area contributed by atoms with Gasteiger partial charge in [0.25, 0.3) is 5.91 Å². The monoisotopic (exact) mass is 469 g/mol. The molecule has 2 aromatic rings. The summed E-state index contributed by atoms with van der Waals surface area (Å²) >= 11 is 0.803. The molecule has 2 aliphatic rings. The van der Waals surface area contributed by atoms with Crippen LogP contribution in [0.25, 0.3) is 11.8 Å². The Kier molecular flexibility index (Phi) is 5.68. The molecule has 0 atom stereocenters. The third-order valence-corrected chi connectivity index (χ3v) is 7.86. The number of amidine groups is 3. The number of benzene rings is 1. The van der Waals surface area contributed by atoms with Gasteiger partial charge >= 0.3 is 0 Å². The molecule has 166 valence electrons. The Bertz CT molecular complexity index is 1320. The molecule has 3 heterocycles. The fourth-order valence-corrected chi connectivity index (χ4v) is 6.51. The molecular weight excluding hydrogens is 446 g/mol. The summed E-state index contributed by atoms with van der Waals surface area (Å²) in [6.07, 6.45) is 1.60. The van der Waals surface area contributed by atoms with E-state index >= 15 is 0 Å². The molecule has 0 aliphatic carbocycles. The number of rotatable bonds is 4. The Hall–Kier alpha value is -2.98. The van der Waals surface area contributed by atoms with Crippen molar-refractivity contribution in [3.8, 4) is 5.69 Å². The predicted octanol–water partition coefficient (Wildman–Crippen LogP) is 3.74. The van der Waals surface area contributed by atoms with Crippen LogP contribution < -0.4 is 0 Å². The van der Waals surface area contributed by atoms with Crippen molar-refractivity contribution in [1.82, 2.24) is 9.47 Å². The van der Waals surface area contributed by atoms with Crippen molar-refractivity contribution in [1.29, 1.82) is 5.41 Å². The van der Waals surface area contributed by atoms with Crippen molar-refractivity contribution in [2.45, 2.75) is 27.7 Å². The Morgan fingerprint density at radius 1 is 1.19 bits per heavy atom. The number of nitrogens with one attached hydrogen (secondary N) is 1. The van der Waals surface area contributed by atoms with Gasteiger partial charge in [-0.3, -0.25) is 10.2 Å². The van der Waals surface area contributed by atoms with Gasteiger partial charge < -0.3 is 4.57 Å². The Morgan fingerprint density at radius 3 is 2.53 bits per heavy atom. The average molecular weight is 470 g/mol. The van der Waals surface area contributed by atoms with E-state index in [1.165, 1.54) is 0 Å². The van der Waals surface area contributed by atoms with Gasteiger partial charge in [0.2, 0.25) is 20.2 Å². The minimum atomic E-state index is -3.73. The van der Waals surface area contributed by atoms with E-state index in [2.05, 4.69) is 14.0 Å². The Labute approximate surface area is 191 Å². The molecule has 0 saturated carbocycles. The van der Waals surface area contributed by atoms with Crippen molar-refractivity contribution < 1.29 is 13.2 Å². The number of sulfone groups is 1. The molecule has 0 spiro atoms. The highest BCUT2D eigenvalue weighted by atomic mass is 32.2. The summed E-state index contributed by atoms with van der Waals surface area (Å²) in [6, 6.07) is 11.8. The number of nitrogens with zero attached hydrogens (tertiary/aromatic N) is 4. The van der Waals surface area contributed by atoms with Gasteiger partial charge in [-0.1, -0.05) is 32.0 Å². The van der Waals surface area contributed by atoms with Crippen molar-refractivity contribution in [2.24, 2.45) is 15.3 Å². The van der Waals surface area contributed by atoms with Crippen LogP contribution in [0, 0.1) is 25.2 Å². The van der Waals surface area contributed by atoms with Crippen LogP contribution >= 0.6 is 11.9 Å². The van der Waals surface area contributed by atoms with E-state index in [0.717, 1.165) is 39.5 Å². The number of aliphatic imine (C=N–C) groups is 1. The molecule has 1 amide bonds. The van der Waals surface area contributed by atoms with Gasteiger partial charge in [0.15, 0.2) is 0 Å². The lowest BCUT2D eigenvalue weighted by Crippen LogP contribution is -2.46. The molecule has 1 N–H and O–H groups in total. The van der Waals surface area contributed by atoms with Crippen LogP contribution in [-0.4, -0.2) is 45.7 Å². The van der Waals surface area contributed by atoms with Crippen molar-refractivity contribution in [3.05, 3.63) is 58.9 Å². The van der Waals surface area contributed by atoms with E-state index in [-0.39, 0.29) is 33.4 Å². The fourth-order valence-electron chi connectivity index (χ4n) is 3.78. The maximum absolute atomic E-state index is 12.8. The van der Waals surface area contributed by atoms with Gasteiger partial charge in [-0.25, -0.2) is 13.3 Å². The van der Waals surface area contributed by atoms with Gasteiger partial charge in [0.05, 0.1) is 23.3 Å². The predicted molar refractivity (Wildman–Crippen MR) is 129 cm³/mol. The zero-order chi connectivity index (χ0) is 23.2. The first-order valence-electron chi connectivity index (χ1n) is 10.1. The zero-order valence-electron chi connectivity index (χ0n) is 18.2. The average Bonchev–Trinajstić information content (AvgIpc) is 3.26. The van der Waals surface area contributed by atoms with Gasteiger partial charge in [-0.15, -0.1) is 0 Å². The molecule has 0 saturated heterocycles. The maximum atomic E-state index is 12.8. The van der Waals surface area contributed by atoms with Crippen LogP contribution in [0.5, 0.6) is 0 Å². The number of hydrogen-bond acceptors (Lipinski definition) is 6. The summed E-state index contributed by atoms with van der Waals surface area (Å²) in [7, 11) is -3.73. The summed E-state index contributed by atoms with van der Waals surface area (Å²) in [4.78, 5) is 17.9. The topological polar surface area (TPSA) is 108 Å². The molecule has 0 bridgehead atoms. The van der Waals surface area contributed by atoms with Crippen molar-refractivity contribution >= 4 is 49.9 Å². The molecule has 0 unspecified atom stereocenters. The van der Waals surface area contributed by atoms with Crippen molar-refractivity contribution in [2.75, 3.05) is 5.75 Å². The second-order valence-electron chi connectivity index (χ2n) is 8.08. The maximum Gasteiger partial charge on any atom is 0.283 e. The van der Waals surface area contributed by atoms with E-state index < -0.39 is 15.7 Å². The van der Waals surface area contributed by atoms with Crippen LogP contribution in [0.4, 0.5) is 0 Å². The number of para-hydroxylation sites is 1. The number of carbonyl (C=O) groups excluding carboxylic acids is 1. The van der Waals surface area contributed by atoms with E-state index in [1.54, 1.807) is 19.9 Å². The Morgan fingerprint density at radius 2 is 1.88 bits per heavy atom. The van der Waals surface area contributed by atoms with Crippen LogP contribution in [-0.2, 0) is 14.6 Å². The highest BCUT2D eigenvalue weighted by molar-refractivity contribution is 8.16. The number of hydrogen-bond donors (Lipinski definition) is 1. The molecule has 10 heteroatoms. The van der Waals surface area contributed by atoms with Gasteiger partial charge in [0.1, 0.15) is 5.84 Å². The first-order valence-corrected chi connectivity index (χ1v) is 12.5. The lowest BCUT2D eigenvalue weighted by Gasteiger charge is -2.24. The summed E-state index contributed by atoms with van der Waals surface area (Å²) in [5.74, 6) is -1.03. The quantitative estimate of drug-likeness (QED) is 0.542. The van der Waals surface area contributed by atoms with Crippen molar-refractivity contribution in [3.63, 3.8) is 0 Å². The number of fused-ring (bicyclic) bond motifs is 1. The van der Waals surface area contributed by atoms with Crippen LogP contribution in [0.2, 0.25) is 0 Å². The second-order valence-corrected chi connectivity index (χ2v) is 10.7. The summed E-state index contributed by atoms with van der Waals surface area (Å²) < 4.78 is 31.7. The zero-order valence-corrected chi connectivity index (χ0v) is 19.8. The molecule has 1 aromatic heterocycles. The largest absolute Gasteiger partial charge is 0.318 e. The summed E-state index contributed by atoms with van der Waals surface area (Å²) in [5.41, 5.74) is 3.64. The van der Waals surface area contributed by atoms with Gasteiger partial charge in [-0.05, 0) is 49.6 Å². The Balaban J connectivity index is 1.75. The normalized spacial score (nSPS) is 17.8. The highest BCUT2D eigenvalue weighted by Gasteiger charge is 2.42. The first kappa shape index (κ1) is 22.2. The smallest absolute Gasteiger partial charge is 0.283 e. The number of amides is 1. The molecule has 0 radical (unpaired) electrons. The van der Waals surface area contributed by atoms with E-state index in [1.807, 2.05) is 50.2 Å². The molecule has 4 rings (SSSR count). The number of aromatic nitrogens is 1. The van der Waals surface area contributed by atoms with Gasteiger partial charge in [-0.2, -0.15) is 9.39 Å². The van der Waals surface area contributed by atoms with E-state index in [9.17, 15) is 13.2 Å². The third kappa shape index (κ3) is 3.84. The van der Waals surface area contributed by atoms with Gasteiger partial charge in [0, 0.05) is 17.1 Å². The second kappa shape index (κ2) is 8.18. The number of carbonyl (C=O) groups is 1. The van der Waals surface area contributed by atoms with Crippen LogP contribution in [0.1, 0.15) is 30.8 Å². The standard InChI is InChI=1S/C22H23N5O3S2/c1-13(2)12-32(29,30)22-25-31-21-24-20(28)18(19(23)27(21)22)11-16-10-14(3)26(15(16)4)17-8-6-5-7-9-17/h5-11,13,23H,12H2,1-4H3/b18-11-,23-19?. The van der Waals surface area contributed by atoms with E-state index in [4.69, 9.17) is 5.41 Å². The molecule has 1 aromatic carbocycles. The molecule has 2 aliphatic heterocycles. The molecule has 8 nitrogen and oxygen atoms in total. The minimum Gasteiger partial charge on any atom is -0.318 e. The summed E-state index contributed by atoms with van der Waals surface area (Å²) in [5, 5.41) is 8.48. The first-order chi connectivity index (χ1) is 15.1. The lowest BCUT2D eigenvalue weighted by molar-refractivity contribution is -0.114.